The van der Waals surface area contributed by atoms with Crippen molar-refractivity contribution >= 4 is 34.2 Å². The van der Waals surface area contributed by atoms with Crippen LogP contribution in [0.5, 0.6) is 0 Å². The van der Waals surface area contributed by atoms with E-state index in [0.717, 1.165) is 14.8 Å². The summed E-state index contributed by atoms with van der Waals surface area (Å²) in [7, 11) is 1.50. The number of carbonyl (C=O) groups is 1. The van der Waals surface area contributed by atoms with Gasteiger partial charge in [0.1, 0.15) is 0 Å². The van der Waals surface area contributed by atoms with Gasteiger partial charge in [-0.05, 0) is 53.3 Å². The highest BCUT2D eigenvalue weighted by Gasteiger charge is 2.20. The van der Waals surface area contributed by atoms with Crippen molar-refractivity contribution in [2.75, 3.05) is 12.2 Å². The van der Waals surface area contributed by atoms with Crippen molar-refractivity contribution in [1.82, 2.24) is 0 Å². The predicted octanol–water partition coefficient (Wildman–Crippen LogP) is 3.81. The maximum atomic E-state index is 12.4. The normalized spacial score (nSPS) is 10.3. The summed E-state index contributed by atoms with van der Waals surface area (Å²) in [6.45, 7) is 2.01. The first kappa shape index (κ1) is 14.0. The fourth-order valence-electron chi connectivity index (χ4n) is 1.78. The van der Waals surface area contributed by atoms with E-state index in [-0.39, 0.29) is 5.91 Å². The summed E-state index contributed by atoms with van der Waals surface area (Å²) in [5, 5.41) is 1.32. The molecular formula is C15H14INO2. The molecule has 0 N–H and O–H groups in total. The maximum Gasteiger partial charge on any atom is 0.282 e. The molecule has 2 aromatic rings. The van der Waals surface area contributed by atoms with Crippen LogP contribution in [0.4, 0.5) is 5.69 Å². The smallest absolute Gasteiger partial charge is 0.269 e. The standard InChI is InChI=1S/C15H14INO2/c1-11-7-6-10-13(14(11)16)17(19-2)15(18)12-8-4-3-5-9-12/h3-10H,1-2H3. The maximum absolute atomic E-state index is 12.4. The van der Waals surface area contributed by atoms with E-state index in [1.165, 1.54) is 12.2 Å². The van der Waals surface area contributed by atoms with Crippen LogP contribution in [-0.4, -0.2) is 13.0 Å². The zero-order chi connectivity index (χ0) is 13.8. The summed E-state index contributed by atoms with van der Waals surface area (Å²) in [5.74, 6) is -0.174. The molecule has 2 rings (SSSR count). The van der Waals surface area contributed by atoms with Crippen molar-refractivity contribution in [2.24, 2.45) is 0 Å². The van der Waals surface area contributed by atoms with E-state index in [4.69, 9.17) is 4.84 Å². The summed E-state index contributed by atoms with van der Waals surface area (Å²) in [5.41, 5.74) is 2.47. The number of nitrogens with zero attached hydrogens (tertiary/aromatic N) is 1. The largest absolute Gasteiger partial charge is 0.282 e. The highest BCUT2D eigenvalue weighted by atomic mass is 127. The summed E-state index contributed by atoms with van der Waals surface area (Å²) in [4.78, 5) is 17.7. The Morgan fingerprint density at radius 1 is 1.11 bits per heavy atom. The molecule has 0 bridgehead atoms. The number of rotatable bonds is 3. The van der Waals surface area contributed by atoms with Crippen LogP contribution >= 0.6 is 22.6 Å². The van der Waals surface area contributed by atoms with Crippen LogP contribution in [0.3, 0.4) is 0 Å². The Morgan fingerprint density at radius 3 is 2.42 bits per heavy atom. The molecule has 0 aliphatic heterocycles. The minimum absolute atomic E-state index is 0.174. The van der Waals surface area contributed by atoms with Crippen LogP contribution in [0.2, 0.25) is 0 Å². The molecule has 98 valence electrons. The van der Waals surface area contributed by atoms with Crippen molar-refractivity contribution in [2.45, 2.75) is 6.92 Å². The Kier molecular flexibility index (Phi) is 4.55. The lowest BCUT2D eigenvalue weighted by molar-refractivity contribution is 0.0772. The van der Waals surface area contributed by atoms with Crippen LogP contribution in [-0.2, 0) is 4.84 Å². The van der Waals surface area contributed by atoms with E-state index < -0.39 is 0 Å². The van der Waals surface area contributed by atoms with Crippen LogP contribution in [0.1, 0.15) is 15.9 Å². The lowest BCUT2D eigenvalue weighted by Crippen LogP contribution is -2.30. The van der Waals surface area contributed by atoms with Gasteiger partial charge in [-0.2, -0.15) is 5.06 Å². The predicted molar refractivity (Wildman–Crippen MR) is 84.2 cm³/mol. The van der Waals surface area contributed by atoms with Gasteiger partial charge in [0.2, 0.25) is 0 Å². The fraction of sp³-hybridized carbons (Fsp3) is 0.133. The lowest BCUT2D eigenvalue weighted by Gasteiger charge is -2.21. The van der Waals surface area contributed by atoms with E-state index in [0.29, 0.717) is 5.56 Å². The Morgan fingerprint density at radius 2 is 1.79 bits per heavy atom. The molecule has 0 unspecified atom stereocenters. The van der Waals surface area contributed by atoms with Gasteiger partial charge < -0.3 is 0 Å². The molecule has 0 aliphatic carbocycles. The minimum atomic E-state index is -0.174. The van der Waals surface area contributed by atoms with E-state index in [1.807, 2.05) is 43.3 Å². The van der Waals surface area contributed by atoms with E-state index in [2.05, 4.69) is 22.6 Å². The number of anilines is 1. The monoisotopic (exact) mass is 367 g/mol. The Bertz CT molecular complexity index is 584. The Hall–Kier alpha value is -1.40. The van der Waals surface area contributed by atoms with Crippen LogP contribution < -0.4 is 5.06 Å². The third-order valence-corrected chi connectivity index (χ3v) is 4.18. The Labute approximate surface area is 126 Å². The van der Waals surface area contributed by atoms with Gasteiger partial charge >= 0.3 is 0 Å². The molecule has 2 aromatic carbocycles. The summed E-state index contributed by atoms with van der Waals surface area (Å²) in [6, 6.07) is 14.9. The molecule has 0 aliphatic rings. The number of aryl methyl sites for hydroxylation is 1. The van der Waals surface area contributed by atoms with E-state index in [1.54, 1.807) is 12.1 Å². The summed E-state index contributed by atoms with van der Waals surface area (Å²) >= 11 is 2.22. The molecular weight excluding hydrogens is 353 g/mol. The SMILES string of the molecule is CON(C(=O)c1ccccc1)c1cccc(C)c1I. The second-order valence-electron chi connectivity index (χ2n) is 4.06. The van der Waals surface area contributed by atoms with Crippen LogP contribution in [0.15, 0.2) is 48.5 Å². The third kappa shape index (κ3) is 2.96. The summed E-state index contributed by atoms with van der Waals surface area (Å²) < 4.78 is 1.01. The number of hydrogen-bond donors (Lipinski definition) is 0. The van der Waals surface area contributed by atoms with E-state index >= 15 is 0 Å². The molecule has 0 aromatic heterocycles. The molecule has 3 nitrogen and oxygen atoms in total. The van der Waals surface area contributed by atoms with Crippen molar-refractivity contribution in [1.29, 1.82) is 0 Å². The second-order valence-corrected chi connectivity index (χ2v) is 5.13. The second kappa shape index (κ2) is 6.16. The van der Waals surface area contributed by atoms with Gasteiger partial charge in [0.15, 0.2) is 0 Å². The van der Waals surface area contributed by atoms with Gasteiger partial charge in [-0.1, -0.05) is 30.3 Å². The molecule has 1 amide bonds. The third-order valence-electron chi connectivity index (χ3n) is 2.78. The van der Waals surface area contributed by atoms with Crippen molar-refractivity contribution in [3.05, 3.63) is 63.2 Å². The van der Waals surface area contributed by atoms with Crippen LogP contribution in [0, 0.1) is 10.5 Å². The highest BCUT2D eigenvalue weighted by Crippen LogP contribution is 2.26. The lowest BCUT2D eigenvalue weighted by atomic mass is 10.2. The Balaban J connectivity index is 2.40. The number of benzene rings is 2. The fourth-order valence-corrected chi connectivity index (χ4v) is 2.36. The zero-order valence-corrected chi connectivity index (χ0v) is 12.9. The van der Waals surface area contributed by atoms with Gasteiger partial charge in [-0.15, -0.1) is 0 Å². The van der Waals surface area contributed by atoms with Crippen molar-refractivity contribution < 1.29 is 9.63 Å². The quantitative estimate of drug-likeness (QED) is 0.610. The number of amides is 1. The number of halogens is 1. The molecule has 0 radical (unpaired) electrons. The highest BCUT2D eigenvalue weighted by molar-refractivity contribution is 14.1. The summed E-state index contributed by atoms with van der Waals surface area (Å²) in [6.07, 6.45) is 0. The first-order chi connectivity index (χ1) is 9.15. The molecule has 0 saturated carbocycles. The van der Waals surface area contributed by atoms with Crippen LogP contribution in [0.25, 0.3) is 0 Å². The van der Waals surface area contributed by atoms with E-state index in [9.17, 15) is 4.79 Å². The molecule has 0 spiro atoms. The number of hydrogen-bond acceptors (Lipinski definition) is 2. The number of hydroxylamine groups is 1. The average Bonchev–Trinajstić information content (AvgIpc) is 2.45. The van der Waals surface area contributed by atoms with Gasteiger partial charge in [-0.3, -0.25) is 9.63 Å². The molecule has 0 fully saturated rings. The first-order valence-electron chi connectivity index (χ1n) is 5.84. The minimum Gasteiger partial charge on any atom is -0.269 e. The molecule has 4 heteroatoms. The van der Waals surface area contributed by atoms with Gasteiger partial charge in [-0.25, -0.2) is 0 Å². The molecule has 19 heavy (non-hydrogen) atoms. The van der Waals surface area contributed by atoms with Gasteiger partial charge in [0.05, 0.1) is 12.8 Å². The van der Waals surface area contributed by atoms with Gasteiger partial charge in [0, 0.05) is 9.13 Å². The van der Waals surface area contributed by atoms with Gasteiger partial charge in [0.25, 0.3) is 5.91 Å². The molecule has 0 saturated heterocycles. The van der Waals surface area contributed by atoms with Crippen molar-refractivity contribution in [3.63, 3.8) is 0 Å². The molecule has 0 heterocycles. The topological polar surface area (TPSA) is 29.5 Å². The zero-order valence-electron chi connectivity index (χ0n) is 10.8. The van der Waals surface area contributed by atoms with Crippen molar-refractivity contribution in [3.8, 4) is 0 Å². The average molecular weight is 367 g/mol. The first-order valence-corrected chi connectivity index (χ1v) is 6.91. The number of carbonyl (C=O) groups excluding carboxylic acids is 1. The molecule has 0 atom stereocenters.